The van der Waals surface area contributed by atoms with Crippen LogP contribution in [0.15, 0.2) is 48.9 Å². The molecule has 6 heteroatoms. The molecule has 1 aromatic carbocycles. The second kappa shape index (κ2) is 7.31. The maximum Gasteiger partial charge on any atom is 0.119 e. The SMILES string of the molecule is COc1cccc(-c2[nH]ncc2CN[C@H](C)[C@H](C)n2cccn2)c1. The van der Waals surface area contributed by atoms with Crippen LogP contribution in [0.2, 0.25) is 0 Å². The third kappa shape index (κ3) is 3.49. The molecule has 2 heterocycles. The molecule has 0 saturated carbocycles. The van der Waals surface area contributed by atoms with Gasteiger partial charge in [-0.15, -0.1) is 0 Å². The zero-order valence-corrected chi connectivity index (χ0v) is 14.2. The van der Waals surface area contributed by atoms with Crippen LogP contribution in [0, 0.1) is 0 Å². The Morgan fingerprint density at radius 1 is 1.29 bits per heavy atom. The van der Waals surface area contributed by atoms with E-state index in [0.717, 1.165) is 29.1 Å². The highest BCUT2D eigenvalue weighted by molar-refractivity contribution is 5.64. The van der Waals surface area contributed by atoms with Gasteiger partial charge in [0.05, 0.1) is 25.0 Å². The summed E-state index contributed by atoms with van der Waals surface area (Å²) < 4.78 is 7.27. The third-order valence-corrected chi connectivity index (χ3v) is 4.36. The Balaban J connectivity index is 1.69. The largest absolute Gasteiger partial charge is 0.497 e. The molecule has 0 unspecified atom stereocenters. The zero-order valence-electron chi connectivity index (χ0n) is 14.2. The molecule has 24 heavy (non-hydrogen) atoms. The predicted octanol–water partition coefficient (Wildman–Crippen LogP) is 3.02. The van der Waals surface area contributed by atoms with Gasteiger partial charge in [0.2, 0.25) is 0 Å². The topological polar surface area (TPSA) is 67.8 Å². The van der Waals surface area contributed by atoms with Gasteiger partial charge in [0.1, 0.15) is 5.75 Å². The third-order valence-electron chi connectivity index (χ3n) is 4.36. The van der Waals surface area contributed by atoms with Gasteiger partial charge in [-0.2, -0.15) is 10.2 Å². The average Bonchev–Trinajstić information content (AvgIpc) is 3.30. The molecule has 2 N–H and O–H groups in total. The van der Waals surface area contributed by atoms with Crippen LogP contribution in [-0.4, -0.2) is 33.1 Å². The van der Waals surface area contributed by atoms with E-state index < -0.39 is 0 Å². The van der Waals surface area contributed by atoms with Crippen LogP contribution < -0.4 is 10.1 Å². The van der Waals surface area contributed by atoms with E-state index in [4.69, 9.17) is 4.74 Å². The van der Waals surface area contributed by atoms with Gasteiger partial charge >= 0.3 is 0 Å². The fourth-order valence-electron chi connectivity index (χ4n) is 2.67. The summed E-state index contributed by atoms with van der Waals surface area (Å²) in [5.41, 5.74) is 3.21. The number of H-pyrrole nitrogens is 1. The summed E-state index contributed by atoms with van der Waals surface area (Å²) >= 11 is 0. The lowest BCUT2D eigenvalue weighted by Gasteiger charge is -2.21. The van der Waals surface area contributed by atoms with Crippen molar-refractivity contribution >= 4 is 0 Å². The predicted molar refractivity (Wildman–Crippen MR) is 93.8 cm³/mol. The smallest absolute Gasteiger partial charge is 0.119 e. The number of aromatic nitrogens is 4. The van der Waals surface area contributed by atoms with Crippen molar-refractivity contribution in [2.45, 2.75) is 32.5 Å². The van der Waals surface area contributed by atoms with E-state index in [1.54, 1.807) is 13.3 Å². The van der Waals surface area contributed by atoms with Crippen LogP contribution >= 0.6 is 0 Å². The van der Waals surface area contributed by atoms with Crippen molar-refractivity contribution in [2.75, 3.05) is 7.11 Å². The lowest BCUT2D eigenvalue weighted by Crippen LogP contribution is -2.33. The molecule has 0 radical (unpaired) electrons. The molecule has 3 rings (SSSR count). The average molecular weight is 325 g/mol. The van der Waals surface area contributed by atoms with Crippen LogP contribution in [0.25, 0.3) is 11.3 Å². The molecule has 2 atom stereocenters. The molecule has 0 aliphatic heterocycles. The van der Waals surface area contributed by atoms with Gasteiger partial charge in [0.15, 0.2) is 0 Å². The normalized spacial score (nSPS) is 13.6. The van der Waals surface area contributed by atoms with Crippen molar-refractivity contribution in [3.63, 3.8) is 0 Å². The molecule has 0 bridgehead atoms. The fourth-order valence-corrected chi connectivity index (χ4v) is 2.67. The Labute approximate surface area is 141 Å². The van der Waals surface area contributed by atoms with E-state index >= 15 is 0 Å². The highest BCUT2D eigenvalue weighted by atomic mass is 16.5. The van der Waals surface area contributed by atoms with Gasteiger partial charge in [0.25, 0.3) is 0 Å². The van der Waals surface area contributed by atoms with Gasteiger partial charge in [-0.1, -0.05) is 12.1 Å². The number of hydrogen-bond acceptors (Lipinski definition) is 4. The van der Waals surface area contributed by atoms with E-state index in [0.29, 0.717) is 0 Å². The van der Waals surface area contributed by atoms with Crippen LogP contribution in [-0.2, 0) is 6.54 Å². The lowest BCUT2D eigenvalue weighted by atomic mass is 10.1. The van der Waals surface area contributed by atoms with Crippen LogP contribution in [0.3, 0.4) is 0 Å². The Hall–Kier alpha value is -2.60. The first-order valence-electron chi connectivity index (χ1n) is 8.08. The van der Waals surface area contributed by atoms with Crippen LogP contribution in [0.5, 0.6) is 5.75 Å². The van der Waals surface area contributed by atoms with Gasteiger partial charge in [-0.05, 0) is 32.0 Å². The molecule has 2 aromatic heterocycles. The molecule has 0 amide bonds. The summed E-state index contributed by atoms with van der Waals surface area (Å²) in [5.74, 6) is 0.835. The van der Waals surface area contributed by atoms with Crippen LogP contribution in [0.1, 0.15) is 25.5 Å². The first-order chi connectivity index (χ1) is 11.7. The second-order valence-corrected chi connectivity index (χ2v) is 5.90. The Morgan fingerprint density at radius 2 is 2.17 bits per heavy atom. The second-order valence-electron chi connectivity index (χ2n) is 5.90. The van der Waals surface area contributed by atoms with Crippen molar-refractivity contribution in [1.82, 2.24) is 25.3 Å². The number of aromatic amines is 1. The summed E-state index contributed by atoms with van der Waals surface area (Å²) in [4.78, 5) is 0. The minimum Gasteiger partial charge on any atom is -0.497 e. The number of ether oxygens (including phenoxy) is 1. The number of nitrogens with zero attached hydrogens (tertiary/aromatic N) is 3. The van der Waals surface area contributed by atoms with Gasteiger partial charge < -0.3 is 10.1 Å². The number of nitrogens with one attached hydrogen (secondary N) is 2. The van der Waals surface area contributed by atoms with Crippen LogP contribution in [0.4, 0.5) is 0 Å². The summed E-state index contributed by atoms with van der Waals surface area (Å²) in [5, 5.41) is 15.2. The number of hydrogen-bond donors (Lipinski definition) is 2. The van der Waals surface area contributed by atoms with Crippen molar-refractivity contribution in [3.8, 4) is 17.0 Å². The lowest BCUT2D eigenvalue weighted by molar-refractivity contribution is 0.365. The van der Waals surface area contributed by atoms with E-state index in [-0.39, 0.29) is 12.1 Å². The first kappa shape index (κ1) is 16.3. The summed E-state index contributed by atoms with van der Waals surface area (Å²) in [6.45, 7) is 5.05. The minimum absolute atomic E-state index is 0.271. The Bertz CT molecular complexity index is 765. The highest BCUT2D eigenvalue weighted by Gasteiger charge is 2.15. The quantitative estimate of drug-likeness (QED) is 0.701. The van der Waals surface area contributed by atoms with Crippen molar-refractivity contribution in [3.05, 3.63) is 54.5 Å². The minimum atomic E-state index is 0.271. The molecule has 0 aliphatic carbocycles. The van der Waals surface area contributed by atoms with E-state index in [1.165, 1.54) is 0 Å². The van der Waals surface area contributed by atoms with Crippen molar-refractivity contribution < 1.29 is 4.74 Å². The summed E-state index contributed by atoms with van der Waals surface area (Å²) in [7, 11) is 1.67. The standard InChI is InChI=1S/C18H23N5O/c1-13(14(2)23-9-5-8-21-23)19-11-16-12-20-22-18(16)15-6-4-7-17(10-15)24-3/h4-10,12-14,19H,11H2,1-3H3,(H,20,22)/t13-,14+/m1/s1. The van der Waals surface area contributed by atoms with E-state index in [1.807, 2.05) is 41.3 Å². The monoisotopic (exact) mass is 325 g/mol. The summed E-state index contributed by atoms with van der Waals surface area (Å²) in [6, 6.07) is 10.5. The highest BCUT2D eigenvalue weighted by Crippen LogP contribution is 2.25. The molecule has 6 nitrogen and oxygen atoms in total. The molecule has 126 valence electrons. The molecule has 0 saturated heterocycles. The van der Waals surface area contributed by atoms with Gasteiger partial charge in [-0.3, -0.25) is 9.78 Å². The van der Waals surface area contributed by atoms with Gasteiger partial charge in [-0.25, -0.2) is 0 Å². The van der Waals surface area contributed by atoms with Crippen molar-refractivity contribution in [1.29, 1.82) is 0 Å². The maximum absolute atomic E-state index is 5.30. The molecular weight excluding hydrogens is 302 g/mol. The molecule has 0 fully saturated rings. The first-order valence-corrected chi connectivity index (χ1v) is 8.08. The molecule has 0 spiro atoms. The molecule has 3 aromatic rings. The maximum atomic E-state index is 5.30. The van der Waals surface area contributed by atoms with E-state index in [2.05, 4.69) is 40.5 Å². The Morgan fingerprint density at radius 3 is 2.92 bits per heavy atom. The number of benzene rings is 1. The molecular formula is C18H23N5O. The van der Waals surface area contributed by atoms with E-state index in [9.17, 15) is 0 Å². The van der Waals surface area contributed by atoms with Gasteiger partial charge in [0, 0.05) is 36.1 Å². The van der Waals surface area contributed by atoms with Crippen molar-refractivity contribution in [2.24, 2.45) is 0 Å². The zero-order chi connectivity index (χ0) is 16.9. The Kier molecular flexibility index (Phi) is 4.96. The molecule has 0 aliphatic rings. The summed E-state index contributed by atoms with van der Waals surface area (Å²) in [6.07, 6.45) is 5.66. The number of methoxy groups -OCH3 is 1. The number of rotatable bonds is 7. The fraction of sp³-hybridized carbons (Fsp3) is 0.333.